The van der Waals surface area contributed by atoms with E-state index in [1.807, 2.05) is 11.0 Å². The van der Waals surface area contributed by atoms with E-state index in [-0.39, 0.29) is 5.91 Å². The monoisotopic (exact) mass is 329 g/mol. The van der Waals surface area contributed by atoms with Gasteiger partial charge in [0.1, 0.15) is 0 Å². The number of rotatable bonds is 2. The Hall–Kier alpha value is -0.540. The van der Waals surface area contributed by atoms with Gasteiger partial charge in [0.2, 0.25) is 0 Å². The lowest BCUT2D eigenvalue weighted by molar-refractivity contribution is 0.0670. The van der Waals surface area contributed by atoms with Crippen molar-refractivity contribution in [1.82, 2.24) is 4.90 Å². The van der Waals surface area contributed by atoms with Crippen LogP contribution in [-0.4, -0.2) is 23.9 Å². The molecule has 1 saturated heterocycles. The summed E-state index contributed by atoms with van der Waals surface area (Å²) in [4.78, 5) is 14.4. The lowest BCUT2D eigenvalue weighted by Gasteiger charge is -2.32. The minimum Gasteiger partial charge on any atom is -0.338 e. The standard InChI is InChI=1S/C14H17BrClNO/c1-2-10-4-3-7-17(9-10)14(18)12-8-11(16)5-6-13(12)15/h5-6,8,10H,2-4,7,9H2,1H3. The number of nitrogens with zero attached hydrogens (tertiary/aromatic N) is 1. The molecule has 0 saturated carbocycles. The highest BCUT2D eigenvalue weighted by Gasteiger charge is 2.24. The fourth-order valence-corrected chi connectivity index (χ4v) is 3.00. The Bertz CT molecular complexity index is 449. The largest absolute Gasteiger partial charge is 0.338 e. The molecule has 0 spiro atoms. The number of carbonyl (C=O) groups is 1. The number of hydrogen-bond acceptors (Lipinski definition) is 1. The van der Waals surface area contributed by atoms with Gasteiger partial charge in [0.15, 0.2) is 0 Å². The molecular weight excluding hydrogens is 314 g/mol. The van der Waals surface area contributed by atoms with E-state index in [9.17, 15) is 4.79 Å². The molecule has 18 heavy (non-hydrogen) atoms. The summed E-state index contributed by atoms with van der Waals surface area (Å²) in [5, 5.41) is 0.602. The first kappa shape index (κ1) is 13.9. The van der Waals surface area contributed by atoms with Gasteiger partial charge in [-0.3, -0.25) is 4.79 Å². The van der Waals surface area contributed by atoms with Crippen LogP contribution < -0.4 is 0 Å². The molecule has 1 amide bonds. The molecule has 1 aliphatic heterocycles. The van der Waals surface area contributed by atoms with Gasteiger partial charge in [-0.1, -0.05) is 24.9 Å². The maximum Gasteiger partial charge on any atom is 0.255 e. The van der Waals surface area contributed by atoms with Crippen LogP contribution in [0, 0.1) is 5.92 Å². The highest BCUT2D eigenvalue weighted by atomic mass is 79.9. The zero-order valence-corrected chi connectivity index (χ0v) is 12.8. The third-order valence-electron chi connectivity index (χ3n) is 3.54. The van der Waals surface area contributed by atoms with Gasteiger partial charge in [0.25, 0.3) is 5.91 Å². The van der Waals surface area contributed by atoms with Crippen molar-refractivity contribution in [3.63, 3.8) is 0 Å². The van der Waals surface area contributed by atoms with Gasteiger partial charge >= 0.3 is 0 Å². The average Bonchev–Trinajstić information content (AvgIpc) is 2.41. The Labute approximate surface area is 121 Å². The molecule has 2 rings (SSSR count). The molecule has 1 aliphatic rings. The van der Waals surface area contributed by atoms with Crippen LogP contribution in [0.25, 0.3) is 0 Å². The number of benzene rings is 1. The quantitative estimate of drug-likeness (QED) is 0.788. The molecule has 98 valence electrons. The molecule has 0 aromatic heterocycles. The lowest BCUT2D eigenvalue weighted by atomic mass is 9.95. The number of amides is 1. The van der Waals surface area contributed by atoms with Crippen molar-refractivity contribution < 1.29 is 4.79 Å². The molecule has 1 unspecified atom stereocenters. The van der Waals surface area contributed by atoms with Crippen LogP contribution in [0.5, 0.6) is 0 Å². The molecule has 1 aromatic carbocycles. The van der Waals surface area contributed by atoms with Gasteiger partial charge in [-0.15, -0.1) is 0 Å². The maximum absolute atomic E-state index is 12.5. The van der Waals surface area contributed by atoms with Crippen LogP contribution in [0.15, 0.2) is 22.7 Å². The van der Waals surface area contributed by atoms with Crippen molar-refractivity contribution in [2.75, 3.05) is 13.1 Å². The predicted molar refractivity (Wildman–Crippen MR) is 78.1 cm³/mol. The molecule has 1 atom stereocenters. The molecule has 1 fully saturated rings. The van der Waals surface area contributed by atoms with Crippen molar-refractivity contribution in [1.29, 1.82) is 0 Å². The van der Waals surface area contributed by atoms with Crippen LogP contribution in [-0.2, 0) is 0 Å². The summed E-state index contributed by atoms with van der Waals surface area (Å²) in [5.74, 6) is 0.725. The zero-order chi connectivity index (χ0) is 13.1. The van der Waals surface area contributed by atoms with E-state index < -0.39 is 0 Å². The molecular formula is C14H17BrClNO. The summed E-state index contributed by atoms with van der Waals surface area (Å²) >= 11 is 9.39. The third-order valence-corrected chi connectivity index (χ3v) is 4.47. The normalized spacial score (nSPS) is 19.9. The van der Waals surface area contributed by atoms with E-state index in [0.717, 1.165) is 30.4 Å². The molecule has 0 N–H and O–H groups in total. The molecule has 1 heterocycles. The van der Waals surface area contributed by atoms with Gasteiger partial charge < -0.3 is 4.90 Å². The number of piperidine rings is 1. The Morgan fingerprint density at radius 3 is 3.06 bits per heavy atom. The lowest BCUT2D eigenvalue weighted by Crippen LogP contribution is -2.39. The van der Waals surface area contributed by atoms with Crippen molar-refractivity contribution in [3.8, 4) is 0 Å². The van der Waals surface area contributed by atoms with E-state index in [1.54, 1.807) is 12.1 Å². The highest BCUT2D eigenvalue weighted by molar-refractivity contribution is 9.10. The fraction of sp³-hybridized carbons (Fsp3) is 0.500. The van der Waals surface area contributed by atoms with Gasteiger partial charge in [-0.2, -0.15) is 0 Å². The van der Waals surface area contributed by atoms with Crippen molar-refractivity contribution in [2.24, 2.45) is 5.92 Å². The number of carbonyl (C=O) groups excluding carboxylic acids is 1. The maximum atomic E-state index is 12.5. The van der Waals surface area contributed by atoms with Crippen LogP contribution in [0.3, 0.4) is 0 Å². The van der Waals surface area contributed by atoms with E-state index in [0.29, 0.717) is 16.5 Å². The van der Waals surface area contributed by atoms with Crippen LogP contribution >= 0.6 is 27.5 Å². The topological polar surface area (TPSA) is 20.3 Å². The summed E-state index contributed by atoms with van der Waals surface area (Å²) in [7, 11) is 0. The minimum atomic E-state index is 0.0857. The second-order valence-corrected chi connectivity index (χ2v) is 6.08. The van der Waals surface area contributed by atoms with Gasteiger partial charge in [0, 0.05) is 22.6 Å². The first-order valence-corrected chi connectivity index (χ1v) is 7.53. The second kappa shape index (κ2) is 6.07. The van der Waals surface area contributed by atoms with Crippen molar-refractivity contribution in [3.05, 3.63) is 33.3 Å². The molecule has 0 bridgehead atoms. The Balaban J connectivity index is 2.17. The van der Waals surface area contributed by atoms with Gasteiger partial charge in [0.05, 0.1) is 5.56 Å². The van der Waals surface area contributed by atoms with Crippen LogP contribution in [0.2, 0.25) is 5.02 Å². The number of halogens is 2. The minimum absolute atomic E-state index is 0.0857. The Morgan fingerprint density at radius 1 is 1.56 bits per heavy atom. The first-order chi connectivity index (χ1) is 8.61. The molecule has 0 aliphatic carbocycles. The van der Waals surface area contributed by atoms with E-state index in [1.165, 1.54) is 6.42 Å². The summed E-state index contributed by atoms with van der Waals surface area (Å²) in [6.07, 6.45) is 3.47. The predicted octanol–water partition coefficient (Wildman–Crippen LogP) is 4.36. The smallest absolute Gasteiger partial charge is 0.255 e. The van der Waals surface area contributed by atoms with Crippen LogP contribution in [0.1, 0.15) is 36.5 Å². The summed E-state index contributed by atoms with van der Waals surface area (Å²) in [6.45, 7) is 3.91. The first-order valence-electron chi connectivity index (χ1n) is 6.36. The molecule has 1 aromatic rings. The zero-order valence-electron chi connectivity index (χ0n) is 10.5. The molecule has 2 nitrogen and oxygen atoms in total. The van der Waals surface area contributed by atoms with Crippen LogP contribution in [0.4, 0.5) is 0 Å². The van der Waals surface area contributed by atoms with E-state index >= 15 is 0 Å². The Morgan fingerprint density at radius 2 is 2.33 bits per heavy atom. The second-order valence-electron chi connectivity index (χ2n) is 4.79. The fourth-order valence-electron chi connectivity index (χ4n) is 2.41. The summed E-state index contributed by atoms with van der Waals surface area (Å²) in [5.41, 5.74) is 0.666. The molecule has 4 heteroatoms. The Kier molecular flexibility index (Phi) is 4.68. The van der Waals surface area contributed by atoms with Gasteiger partial charge in [-0.25, -0.2) is 0 Å². The number of likely N-dealkylation sites (tertiary alicyclic amines) is 1. The third kappa shape index (κ3) is 3.07. The van der Waals surface area contributed by atoms with E-state index in [2.05, 4.69) is 22.9 Å². The van der Waals surface area contributed by atoms with Crippen molar-refractivity contribution in [2.45, 2.75) is 26.2 Å². The summed E-state index contributed by atoms with van der Waals surface area (Å²) < 4.78 is 0.815. The molecule has 0 radical (unpaired) electrons. The van der Waals surface area contributed by atoms with Gasteiger partial charge in [-0.05, 0) is 52.9 Å². The SMILES string of the molecule is CCC1CCCN(C(=O)c2cc(Cl)ccc2Br)C1. The highest BCUT2D eigenvalue weighted by Crippen LogP contribution is 2.26. The average molecular weight is 331 g/mol. The van der Waals surface area contributed by atoms with E-state index in [4.69, 9.17) is 11.6 Å². The number of hydrogen-bond donors (Lipinski definition) is 0. The summed E-state index contributed by atoms with van der Waals surface area (Å²) in [6, 6.07) is 5.35. The van der Waals surface area contributed by atoms with Crippen molar-refractivity contribution >= 4 is 33.4 Å².